The van der Waals surface area contributed by atoms with Gasteiger partial charge in [0, 0.05) is 14.8 Å². The van der Waals surface area contributed by atoms with Crippen LogP contribution < -0.4 is 0 Å². The lowest BCUT2D eigenvalue weighted by atomic mass is 10.2. The fourth-order valence-corrected chi connectivity index (χ4v) is 2.78. The molecule has 0 aromatic heterocycles. The molecule has 0 aliphatic carbocycles. The number of rotatable bonds is 4. The molecular weight excluding hydrogens is 356 g/mol. The van der Waals surface area contributed by atoms with Gasteiger partial charge in [-0.2, -0.15) is 0 Å². The maximum atomic E-state index is 10.8. The molecule has 0 heterocycles. The summed E-state index contributed by atoms with van der Waals surface area (Å²) in [6, 6.07) is 26.5. The van der Waals surface area contributed by atoms with Gasteiger partial charge in [0.15, 0.2) is 0 Å². The van der Waals surface area contributed by atoms with E-state index in [1.165, 1.54) is 9.79 Å². The molecule has 0 bridgehead atoms. The van der Waals surface area contributed by atoms with Gasteiger partial charge in [-0.25, -0.2) is 4.79 Å². The van der Waals surface area contributed by atoms with Crippen LogP contribution in [0.25, 0.3) is 0 Å². The minimum Gasteiger partial charge on any atom is -0.392 e. The topological polar surface area (TPSA) is 43.4 Å². The summed E-state index contributed by atoms with van der Waals surface area (Å²) >= 11 is 7.54. The van der Waals surface area contributed by atoms with Crippen LogP contribution in [0.2, 0.25) is 5.02 Å². The van der Waals surface area contributed by atoms with Crippen molar-refractivity contribution in [1.29, 1.82) is 0 Å². The van der Waals surface area contributed by atoms with Crippen LogP contribution in [0.15, 0.2) is 94.7 Å². The molecule has 3 rings (SSSR count). The molecule has 0 aliphatic rings. The molecule has 0 spiro atoms. The summed E-state index contributed by atoms with van der Waals surface area (Å²) in [6.07, 6.45) is 0. The Bertz CT molecular complexity index is 790. The van der Waals surface area contributed by atoms with Gasteiger partial charge < -0.3 is 4.74 Å². The largest absolute Gasteiger partial charge is 0.392 e. The van der Waals surface area contributed by atoms with E-state index in [0.717, 1.165) is 5.02 Å². The number of hydrogen-bond donors (Lipinski definition) is 0. The van der Waals surface area contributed by atoms with Crippen LogP contribution in [-0.4, -0.2) is 12.4 Å². The van der Waals surface area contributed by atoms with Crippen molar-refractivity contribution in [2.24, 2.45) is 0 Å². The average Bonchev–Trinajstić information content (AvgIpc) is 2.66. The molecule has 0 fully saturated rings. The summed E-state index contributed by atoms with van der Waals surface area (Å²) in [7, 11) is 0. The summed E-state index contributed by atoms with van der Waals surface area (Å²) in [5, 5.41) is 0.780. The number of esters is 1. The van der Waals surface area contributed by atoms with Crippen LogP contribution in [0.3, 0.4) is 0 Å². The van der Waals surface area contributed by atoms with E-state index >= 15 is 0 Å². The van der Waals surface area contributed by atoms with E-state index in [0.29, 0.717) is 5.56 Å². The monoisotopic (exact) mass is 370 g/mol. The minimum absolute atomic E-state index is 0.120. The molecule has 0 unspecified atom stereocenters. The number of benzene rings is 3. The van der Waals surface area contributed by atoms with Gasteiger partial charge in [-0.1, -0.05) is 59.8 Å². The number of halogens is 1. The molecule has 0 aliphatic heterocycles. The first kappa shape index (κ1) is 18.8. The first-order valence-corrected chi connectivity index (χ1v) is 8.56. The van der Waals surface area contributed by atoms with Crippen LogP contribution in [0, 0.1) is 0 Å². The second-order valence-electron chi connectivity index (χ2n) is 4.74. The molecule has 3 nitrogen and oxygen atoms in total. The summed E-state index contributed by atoms with van der Waals surface area (Å²) < 4.78 is 4.11. The van der Waals surface area contributed by atoms with Crippen LogP contribution in [-0.2, 0) is 9.53 Å². The Kier molecular flexibility index (Phi) is 7.76. The van der Waals surface area contributed by atoms with E-state index in [1.54, 1.807) is 42.1 Å². The molecular formula is C20H15ClO3S. The zero-order valence-corrected chi connectivity index (χ0v) is 14.7. The standard InChI is InChI=1S/C12H9ClS.C8H6O3/c13-10-6-8-12(9-7-10)14-11-4-2-1-3-5-11;9-6-11-8(10)7-4-2-1-3-5-7/h1-9H;1-6H. The van der Waals surface area contributed by atoms with Gasteiger partial charge in [0.05, 0.1) is 5.56 Å². The Morgan fingerprint density at radius 2 is 1.32 bits per heavy atom. The summed E-state index contributed by atoms with van der Waals surface area (Å²) in [6.45, 7) is 0.120. The third-order valence-electron chi connectivity index (χ3n) is 2.96. The predicted octanol–water partition coefficient (Wildman–Crippen LogP) is 5.49. The quantitative estimate of drug-likeness (QED) is 0.346. The molecule has 0 saturated heterocycles. The first-order chi connectivity index (χ1) is 12.2. The zero-order chi connectivity index (χ0) is 17.9. The van der Waals surface area contributed by atoms with Gasteiger partial charge in [-0.05, 0) is 48.5 Å². The van der Waals surface area contributed by atoms with Gasteiger partial charge in [-0.3, -0.25) is 4.79 Å². The lowest BCUT2D eigenvalue weighted by molar-refractivity contribution is -0.123. The van der Waals surface area contributed by atoms with Crippen LogP contribution >= 0.6 is 23.4 Å². The Morgan fingerprint density at radius 1 is 0.800 bits per heavy atom. The summed E-state index contributed by atoms with van der Waals surface area (Å²) in [5.74, 6) is -0.624. The maximum Gasteiger partial charge on any atom is 0.345 e. The Balaban J connectivity index is 0.000000186. The SMILES string of the molecule is Clc1ccc(Sc2ccccc2)cc1.O=COC(=O)c1ccccc1. The third-order valence-corrected chi connectivity index (χ3v) is 4.22. The van der Waals surface area contributed by atoms with Gasteiger partial charge >= 0.3 is 12.4 Å². The predicted molar refractivity (Wildman–Crippen MR) is 99.9 cm³/mol. The number of carbonyl (C=O) groups excluding carboxylic acids is 2. The van der Waals surface area contributed by atoms with Crippen molar-refractivity contribution in [2.75, 3.05) is 0 Å². The summed E-state index contributed by atoms with van der Waals surface area (Å²) in [4.78, 5) is 23.0. The molecule has 0 saturated carbocycles. The highest BCUT2D eigenvalue weighted by Gasteiger charge is 2.03. The Labute approximate surface area is 155 Å². The highest BCUT2D eigenvalue weighted by Crippen LogP contribution is 2.27. The molecule has 0 atom stereocenters. The maximum absolute atomic E-state index is 10.8. The molecule has 25 heavy (non-hydrogen) atoms. The van der Waals surface area contributed by atoms with Crippen molar-refractivity contribution < 1.29 is 14.3 Å². The van der Waals surface area contributed by atoms with Crippen LogP contribution in [0.4, 0.5) is 0 Å². The first-order valence-electron chi connectivity index (χ1n) is 7.37. The number of carbonyl (C=O) groups is 2. The van der Waals surface area contributed by atoms with Gasteiger partial charge in [0.25, 0.3) is 0 Å². The lowest BCUT2D eigenvalue weighted by Gasteiger charge is -2.00. The van der Waals surface area contributed by atoms with Crippen molar-refractivity contribution in [3.63, 3.8) is 0 Å². The molecule has 3 aromatic carbocycles. The van der Waals surface area contributed by atoms with Gasteiger partial charge in [0.1, 0.15) is 0 Å². The van der Waals surface area contributed by atoms with Crippen molar-refractivity contribution >= 4 is 35.8 Å². The molecule has 5 heteroatoms. The second-order valence-corrected chi connectivity index (χ2v) is 6.32. The average molecular weight is 371 g/mol. The smallest absolute Gasteiger partial charge is 0.345 e. The lowest BCUT2D eigenvalue weighted by Crippen LogP contribution is -2.02. The van der Waals surface area contributed by atoms with Crippen molar-refractivity contribution in [3.8, 4) is 0 Å². The van der Waals surface area contributed by atoms with Crippen LogP contribution in [0.1, 0.15) is 10.4 Å². The summed E-state index contributed by atoms with van der Waals surface area (Å²) in [5.41, 5.74) is 0.375. The molecule has 0 N–H and O–H groups in total. The fraction of sp³-hybridized carbons (Fsp3) is 0. The van der Waals surface area contributed by atoms with E-state index in [4.69, 9.17) is 11.6 Å². The minimum atomic E-state index is -0.624. The highest BCUT2D eigenvalue weighted by atomic mass is 35.5. The van der Waals surface area contributed by atoms with E-state index < -0.39 is 5.97 Å². The van der Waals surface area contributed by atoms with E-state index in [-0.39, 0.29) is 6.47 Å². The van der Waals surface area contributed by atoms with Crippen LogP contribution in [0.5, 0.6) is 0 Å². The third kappa shape index (κ3) is 6.83. The molecule has 3 aromatic rings. The van der Waals surface area contributed by atoms with Crippen molar-refractivity contribution in [2.45, 2.75) is 9.79 Å². The number of ether oxygens (including phenoxy) is 1. The molecule has 0 amide bonds. The van der Waals surface area contributed by atoms with E-state index in [2.05, 4.69) is 16.9 Å². The Morgan fingerprint density at radius 3 is 1.88 bits per heavy atom. The van der Waals surface area contributed by atoms with Crippen molar-refractivity contribution in [1.82, 2.24) is 0 Å². The fourth-order valence-electron chi connectivity index (χ4n) is 1.81. The Hall–Kier alpha value is -2.56. The zero-order valence-electron chi connectivity index (χ0n) is 13.2. The van der Waals surface area contributed by atoms with Gasteiger partial charge in [0.2, 0.25) is 0 Å². The second kappa shape index (κ2) is 10.3. The molecule has 0 radical (unpaired) electrons. The number of hydrogen-bond acceptors (Lipinski definition) is 4. The van der Waals surface area contributed by atoms with E-state index in [1.807, 2.05) is 42.5 Å². The normalized spacial score (nSPS) is 9.48. The van der Waals surface area contributed by atoms with Gasteiger partial charge in [-0.15, -0.1) is 0 Å². The highest BCUT2D eigenvalue weighted by molar-refractivity contribution is 7.99. The van der Waals surface area contributed by atoms with Crippen molar-refractivity contribution in [3.05, 3.63) is 95.5 Å². The van der Waals surface area contributed by atoms with E-state index in [9.17, 15) is 9.59 Å². The molecule has 126 valence electrons.